The maximum absolute atomic E-state index is 14.1. The molecule has 8 heteroatoms. The first-order chi connectivity index (χ1) is 14.5. The van der Waals surface area contributed by atoms with Crippen molar-refractivity contribution in [3.8, 4) is 11.5 Å². The summed E-state index contributed by atoms with van der Waals surface area (Å²) in [7, 11) is 2.96. The van der Waals surface area contributed by atoms with Crippen LogP contribution in [0.4, 0.5) is 4.39 Å². The van der Waals surface area contributed by atoms with Crippen molar-refractivity contribution < 1.29 is 33.2 Å². The van der Waals surface area contributed by atoms with Crippen LogP contribution in [0.15, 0.2) is 36.4 Å². The van der Waals surface area contributed by atoms with Crippen LogP contribution in [0.3, 0.4) is 0 Å². The van der Waals surface area contributed by atoms with Crippen molar-refractivity contribution in [3.63, 3.8) is 0 Å². The molecular formula is C22H26FNO6. The third-order valence-corrected chi connectivity index (χ3v) is 4.91. The van der Waals surface area contributed by atoms with Gasteiger partial charge in [0.1, 0.15) is 23.4 Å². The van der Waals surface area contributed by atoms with Gasteiger partial charge in [-0.2, -0.15) is 0 Å². The van der Waals surface area contributed by atoms with Crippen molar-refractivity contribution in [2.75, 3.05) is 20.8 Å². The first-order valence-corrected chi connectivity index (χ1v) is 9.70. The number of ether oxygens (including phenoxy) is 4. The number of carbonyl (C=O) groups excluding carboxylic acids is 1. The van der Waals surface area contributed by atoms with Crippen LogP contribution in [0.2, 0.25) is 0 Å². The molecule has 1 heterocycles. The molecule has 0 saturated carbocycles. The van der Waals surface area contributed by atoms with E-state index in [-0.39, 0.29) is 24.8 Å². The Bertz CT molecular complexity index is 869. The number of methoxy groups -OCH3 is 2. The van der Waals surface area contributed by atoms with Crippen LogP contribution in [-0.4, -0.2) is 44.2 Å². The van der Waals surface area contributed by atoms with Crippen LogP contribution in [-0.2, 0) is 22.6 Å². The average molecular weight is 419 g/mol. The molecule has 2 atom stereocenters. The number of hydrogen-bond acceptors (Lipinski definition) is 6. The van der Waals surface area contributed by atoms with Crippen LogP contribution in [0.5, 0.6) is 11.5 Å². The molecule has 2 unspecified atom stereocenters. The van der Waals surface area contributed by atoms with E-state index in [1.165, 1.54) is 26.4 Å². The van der Waals surface area contributed by atoms with Gasteiger partial charge >= 0.3 is 0 Å². The highest BCUT2D eigenvalue weighted by molar-refractivity contribution is 5.94. The Hall–Kier alpha value is -2.68. The standard InChI is InChI=1S/C22H26FNO6/c1-27-16-6-7-17(18(23)11-16)21(25)24-12-15-10-14(5-8-19(15)28-2)13-30-22(26)20-4-3-9-29-20/h5-8,10-11,20,22,26H,3-4,9,12-13H2,1-2H3,(H,24,25). The maximum atomic E-state index is 14.1. The van der Waals surface area contributed by atoms with Gasteiger partial charge in [-0.25, -0.2) is 4.39 Å². The highest BCUT2D eigenvalue weighted by atomic mass is 19.1. The molecule has 0 bridgehead atoms. The molecule has 30 heavy (non-hydrogen) atoms. The van der Waals surface area contributed by atoms with E-state index >= 15 is 0 Å². The second-order valence-electron chi connectivity index (χ2n) is 6.93. The highest BCUT2D eigenvalue weighted by Gasteiger charge is 2.24. The molecule has 0 spiro atoms. The van der Waals surface area contributed by atoms with Crippen molar-refractivity contribution in [1.29, 1.82) is 0 Å². The second kappa shape index (κ2) is 10.4. The Labute approximate surface area is 174 Å². The normalized spacial score (nSPS) is 16.9. The minimum Gasteiger partial charge on any atom is -0.497 e. The van der Waals surface area contributed by atoms with Gasteiger partial charge in [0.15, 0.2) is 6.29 Å². The predicted molar refractivity (Wildman–Crippen MR) is 107 cm³/mol. The minimum atomic E-state index is -0.990. The second-order valence-corrected chi connectivity index (χ2v) is 6.93. The third-order valence-electron chi connectivity index (χ3n) is 4.91. The van der Waals surface area contributed by atoms with Gasteiger partial charge in [-0.15, -0.1) is 0 Å². The molecule has 2 aromatic carbocycles. The Morgan fingerprint density at radius 2 is 2.10 bits per heavy atom. The Morgan fingerprint density at radius 1 is 1.27 bits per heavy atom. The van der Waals surface area contributed by atoms with Crippen LogP contribution < -0.4 is 14.8 Å². The van der Waals surface area contributed by atoms with Crippen molar-refractivity contribution in [2.45, 2.75) is 38.4 Å². The lowest BCUT2D eigenvalue weighted by atomic mass is 10.1. The topological polar surface area (TPSA) is 86.3 Å². The first-order valence-electron chi connectivity index (χ1n) is 9.70. The Morgan fingerprint density at radius 3 is 2.77 bits per heavy atom. The average Bonchev–Trinajstić information content (AvgIpc) is 3.30. The van der Waals surface area contributed by atoms with Crippen LogP contribution in [0.1, 0.15) is 34.3 Å². The SMILES string of the molecule is COc1ccc(C(=O)NCc2cc(COC(O)C3CCCO3)ccc2OC)c(F)c1. The fraction of sp³-hybridized carbons (Fsp3) is 0.409. The van der Waals surface area contributed by atoms with E-state index in [1.54, 1.807) is 6.07 Å². The zero-order valence-corrected chi connectivity index (χ0v) is 17.0. The Balaban J connectivity index is 1.62. The smallest absolute Gasteiger partial charge is 0.254 e. The molecule has 1 amide bonds. The third kappa shape index (κ3) is 5.47. The summed E-state index contributed by atoms with van der Waals surface area (Å²) in [6.07, 6.45) is 0.382. The molecular weight excluding hydrogens is 393 g/mol. The van der Waals surface area contributed by atoms with Gasteiger partial charge in [0.25, 0.3) is 5.91 Å². The van der Waals surface area contributed by atoms with Gasteiger partial charge < -0.3 is 29.4 Å². The summed E-state index contributed by atoms with van der Waals surface area (Å²) >= 11 is 0. The molecule has 1 aliphatic rings. The van der Waals surface area contributed by atoms with Gasteiger partial charge in [-0.3, -0.25) is 4.79 Å². The molecule has 2 N–H and O–H groups in total. The van der Waals surface area contributed by atoms with E-state index in [9.17, 15) is 14.3 Å². The summed E-state index contributed by atoms with van der Waals surface area (Å²) in [4.78, 5) is 12.4. The number of hydrogen-bond donors (Lipinski definition) is 2. The summed E-state index contributed by atoms with van der Waals surface area (Å²) < 4.78 is 35.3. The number of rotatable bonds is 9. The van der Waals surface area contributed by atoms with Crippen LogP contribution in [0, 0.1) is 5.82 Å². The van der Waals surface area contributed by atoms with E-state index in [4.69, 9.17) is 18.9 Å². The summed E-state index contributed by atoms with van der Waals surface area (Å²) in [6.45, 7) is 0.945. The number of carbonyl (C=O) groups is 1. The maximum Gasteiger partial charge on any atom is 0.254 e. The van der Waals surface area contributed by atoms with Gasteiger partial charge in [-0.05, 0) is 42.7 Å². The predicted octanol–water partition coefficient (Wildman–Crippen LogP) is 2.79. The molecule has 3 rings (SSSR count). The largest absolute Gasteiger partial charge is 0.497 e. The zero-order chi connectivity index (χ0) is 21.5. The summed E-state index contributed by atoms with van der Waals surface area (Å²) in [5, 5.41) is 12.8. The van der Waals surface area contributed by atoms with Crippen LogP contribution in [0.25, 0.3) is 0 Å². The van der Waals surface area contributed by atoms with E-state index in [1.807, 2.05) is 12.1 Å². The van der Waals surface area contributed by atoms with Crippen molar-refractivity contribution in [2.24, 2.45) is 0 Å². The molecule has 0 aliphatic carbocycles. The van der Waals surface area contributed by atoms with Crippen LogP contribution >= 0.6 is 0 Å². The van der Waals surface area contributed by atoms with Crippen molar-refractivity contribution in [3.05, 3.63) is 58.9 Å². The number of amides is 1. The van der Waals surface area contributed by atoms with E-state index in [0.29, 0.717) is 23.7 Å². The molecule has 1 aliphatic heterocycles. The number of benzene rings is 2. The lowest BCUT2D eigenvalue weighted by Gasteiger charge is -2.18. The lowest BCUT2D eigenvalue weighted by molar-refractivity contribution is -0.171. The minimum absolute atomic E-state index is 0.0751. The zero-order valence-electron chi connectivity index (χ0n) is 17.0. The van der Waals surface area contributed by atoms with Gasteiger partial charge in [0, 0.05) is 24.8 Å². The monoisotopic (exact) mass is 419 g/mol. The van der Waals surface area contributed by atoms with E-state index in [0.717, 1.165) is 24.5 Å². The fourth-order valence-electron chi connectivity index (χ4n) is 3.25. The molecule has 1 saturated heterocycles. The highest BCUT2D eigenvalue weighted by Crippen LogP contribution is 2.23. The fourth-order valence-corrected chi connectivity index (χ4v) is 3.25. The number of aliphatic hydroxyl groups excluding tert-OH is 1. The quantitative estimate of drug-likeness (QED) is 0.608. The molecule has 0 aromatic heterocycles. The lowest BCUT2D eigenvalue weighted by Crippen LogP contribution is -2.28. The number of halogens is 1. The van der Waals surface area contributed by atoms with E-state index < -0.39 is 18.0 Å². The summed E-state index contributed by atoms with van der Waals surface area (Å²) in [5.74, 6) is -0.297. The number of nitrogens with one attached hydrogen (secondary N) is 1. The molecule has 7 nitrogen and oxygen atoms in total. The molecule has 0 radical (unpaired) electrons. The Kier molecular flexibility index (Phi) is 7.62. The van der Waals surface area contributed by atoms with Crippen molar-refractivity contribution in [1.82, 2.24) is 5.32 Å². The summed E-state index contributed by atoms with van der Waals surface area (Å²) in [6, 6.07) is 9.44. The van der Waals surface area contributed by atoms with Gasteiger partial charge in [0.05, 0.1) is 26.4 Å². The number of aliphatic hydroxyl groups is 1. The van der Waals surface area contributed by atoms with Gasteiger partial charge in [-0.1, -0.05) is 6.07 Å². The first kappa shape index (κ1) is 22.0. The van der Waals surface area contributed by atoms with E-state index in [2.05, 4.69) is 5.32 Å². The molecule has 2 aromatic rings. The van der Waals surface area contributed by atoms with Crippen molar-refractivity contribution >= 4 is 5.91 Å². The summed E-state index contributed by atoms with van der Waals surface area (Å²) in [5.41, 5.74) is 1.43. The van der Waals surface area contributed by atoms with Gasteiger partial charge in [0.2, 0.25) is 0 Å². The molecule has 1 fully saturated rings. The molecule has 162 valence electrons.